The lowest BCUT2D eigenvalue weighted by Crippen LogP contribution is -2.47. The van der Waals surface area contributed by atoms with Gasteiger partial charge in [-0.25, -0.2) is 0 Å². The Balaban J connectivity index is 2.21. The summed E-state index contributed by atoms with van der Waals surface area (Å²) in [6, 6.07) is 2.95. The van der Waals surface area contributed by atoms with Crippen LogP contribution in [0.1, 0.15) is 29.7 Å². The van der Waals surface area contributed by atoms with E-state index in [0.717, 1.165) is 4.90 Å². The smallest absolute Gasteiger partial charge is 0.406 e. The Hall–Kier alpha value is -1.99. The van der Waals surface area contributed by atoms with Gasteiger partial charge >= 0.3 is 12.1 Å². The van der Waals surface area contributed by atoms with E-state index >= 15 is 0 Å². The van der Waals surface area contributed by atoms with Crippen LogP contribution in [0, 0.1) is 5.41 Å². The summed E-state index contributed by atoms with van der Waals surface area (Å²) in [5, 5.41) is 8.93. The highest BCUT2D eigenvalue weighted by Crippen LogP contribution is 2.46. The number of carbonyl (C=O) groups is 2. The third kappa shape index (κ3) is 2.50. The third-order valence-electron chi connectivity index (χ3n) is 3.73. The van der Waals surface area contributed by atoms with Crippen molar-refractivity contribution in [3.63, 3.8) is 0 Å². The molecule has 1 aliphatic rings. The number of carbonyl (C=O) groups excluding carboxylic acids is 1. The predicted molar refractivity (Wildman–Crippen MR) is 64.7 cm³/mol. The molecule has 2 rings (SSSR count). The quantitative estimate of drug-likeness (QED) is 0.930. The number of carboxylic acids is 1. The van der Waals surface area contributed by atoms with Crippen LogP contribution >= 0.6 is 0 Å². The number of aliphatic carboxylic acids is 1. The van der Waals surface area contributed by atoms with E-state index in [9.17, 15) is 22.8 Å². The molecule has 0 spiro atoms. The lowest BCUT2D eigenvalue weighted by molar-refractivity contribution is -0.227. The molecule has 1 unspecified atom stereocenters. The number of amides is 1. The van der Waals surface area contributed by atoms with Crippen molar-refractivity contribution in [2.75, 3.05) is 13.1 Å². The summed E-state index contributed by atoms with van der Waals surface area (Å²) in [7, 11) is 0. The van der Waals surface area contributed by atoms with Crippen molar-refractivity contribution in [3.05, 3.63) is 23.7 Å². The molecule has 1 aromatic rings. The molecule has 1 aromatic heterocycles. The molecule has 1 N–H and O–H groups in total. The van der Waals surface area contributed by atoms with Crippen LogP contribution in [0.15, 0.2) is 16.5 Å². The Morgan fingerprint density at radius 1 is 1.43 bits per heavy atom. The van der Waals surface area contributed by atoms with Crippen LogP contribution in [0.25, 0.3) is 0 Å². The molecule has 0 saturated carbocycles. The molecule has 8 heteroatoms. The minimum atomic E-state index is -4.91. The Kier molecular flexibility index (Phi) is 3.73. The van der Waals surface area contributed by atoms with Crippen LogP contribution < -0.4 is 0 Å². The van der Waals surface area contributed by atoms with Gasteiger partial charge in [0.2, 0.25) is 0 Å². The maximum atomic E-state index is 13.0. The zero-order valence-electron chi connectivity index (χ0n) is 11.2. The van der Waals surface area contributed by atoms with Gasteiger partial charge in [-0.05, 0) is 18.6 Å². The van der Waals surface area contributed by atoms with Crippen molar-refractivity contribution in [1.82, 2.24) is 4.90 Å². The highest BCUT2D eigenvalue weighted by molar-refractivity contribution is 5.92. The molecule has 1 fully saturated rings. The van der Waals surface area contributed by atoms with Crippen LogP contribution in [-0.4, -0.2) is 41.1 Å². The van der Waals surface area contributed by atoms with Crippen molar-refractivity contribution < 1.29 is 32.3 Å². The fraction of sp³-hybridized carbons (Fsp3) is 0.538. The normalized spacial score (nSPS) is 22.6. The number of nitrogens with zero attached hydrogens (tertiary/aromatic N) is 1. The Morgan fingerprint density at radius 3 is 2.52 bits per heavy atom. The van der Waals surface area contributed by atoms with Crippen molar-refractivity contribution in [2.24, 2.45) is 5.41 Å². The largest absolute Gasteiger partial charge is 0.481 e. The summed E-state index contributed by atoms with van der Waals surface area (Å²) in [5.41, 5.74) is -2.90. The first-order valence-corrected chi connectivity index (χ1v) is 6.39. The molecule has 116 valence electrons. The summed E-state index contributed by atoms with van der Waals surface area (Å²) in [6.07, 6.45) is -5.01. The Labute approximate surface area is 118 Å². The fourth-order valence-corrected chi connectivity index (χ4v) is 2.35. The second kappa shape index (κ2) is 5.09. The van der Waals surface area contributed by atoms with Gasteiger partial charge in [-0.1, -0.05) is 6.92 Å². The average molecular weight is 305 g/mol. The summed E-state index contributed by atoms with van der Waals surface area (Å²) >= 11 is 0. The first kappa shape index (κ1) is 15.4. The minimum absolute atomic E-state index is 0.0739. The first-order valence-electron chi connectivity index (χ1n) is 6.39. The van der Waals surface area contributed by atoms with E-state index in [1.807, 2.05) is 6.92 Å². The molecule has 0 bridgehead atoms. The molecule has 1 atom stereocenters. The van der Waals surface area contributed by atoms with Crippen LogP contribution in [0.2, 0.25) is 0 Å². The molecular formula is C13H14F3NO4. The van der Waals surface area contributed by atoms with E-state index < -0.39 is 36.4 Å². The van der Waals surface area contributed by atoms with E-state index in [-0.39, 0.29) is 12.3 Å². The van der Waals surface area contributed by atoms with E-state index in [0.29, 0.717) is 12.2 Å². The maximum Gasteiger partial charge on any atom is 0.406 e. The number of rotatable bonds is 3. The minimum Gasteiger partial charge on any atom is -0.481 e. The van der Waals surface area contributed by atoms with Gasteiger partial charge in [0.15, 0.2) is 11.2 Å². The van der Waals surface area contributed by atoms with Gasteiger partial charge in [0.25, 0.3) is 5.91 Å². The fourth-order valence-electron chi connectivity index (χ4n) is 2.35. The lowest BCUT2D eigenvalue weighted by Gasteiger charge is -2.26. The second-order valence-corrected chi connectivity index (χ2v) is 4.98. The van der Waals surface area contributed by atoms with Crippen molar-refractivity contribution in [3.8, 4) is 0 Å². The number of carboxylic acid groups (broad SMARTS) is 1. The van der Waals surface area contributed by atoms with Gasteiger partial charge in [-0.2, -0.15) is 13.2 Å². The zero-order valence-corrected chi connectivity index (χ0v) is 11.2. The van der Waals surface area contributed by atoms with Gasteiger partial charge < -0.3 is 14.4 Å². The monoisotopic (exact) mass is 305 g/mol. The van der Waals surface area contributed by atoms with E-state index in [4.69, 9.17) is 9.52 Å². The molecule has 21 heavy (non-hydrogen) atoms. The molecule has 0 aromatic carbocycles. The van der Waals surface area contributed by atoms with Gasteiger partial charge in [0, 0.05) is 19.5 Å². The molecule has 1 saturated heterocycles. The van der Waals surface area contributed by atoms with Crippen molar-refractivity contribution in [2.45, 2.75) is 25.9 Å². The number of halogens is 3. The first-order chi connectivity index (χ1) is 9.71. The van der Waals surface area contributed by atoms with Crippen molar-refractivity contribution >= 4 is 11.9 Å². The summed E-state index contributed by atoms with van der Waals surface area (Å²) in [4.78, 5) is 24.0. The molecular weight excluding hydrogens is 291 g/mol. The van der Waals surface area contributed by atoms with Crippen LogP contribution in [0.4, 0.5) is 13.2 Å². The number of furan rings is 1. The van der Waals surface area contributed by atoms with Gasteiger partial charge in [-0.3, -0.25) is 9.59 Å². The summed E-state index contributed by atoms with van der Waals surface area (Å²) in [5.74, 6) is -2.21. The number of aryl methyl sites for hydroxylation is 1. The summed E-state index contributed by atoms with van der Waals surface area (Å²) in [6.45, 7) is 0.641. The molecule has 1 amide bonds. The highest BCUT2D eigenvalue weighted by Gasteiger charge is 2.64. The van der Waals surface area contributed by atoms with Crippen molar-refractivity contribution in [1.29, 1.82) is 0 Å². The number of alkyl halides is 3. The Bertz CT molecular complexity index is 566. The van der Waals surface area contributed by atoms with E-state index in [1.54, 1.807) is 6.07 Å². The third-order valence-corrected chi connectivity index (χ3v) is 3.73. The SMILES string of the molecule is CCc1ccc(C(=O)N2CCC(C(=O)O)(C(F)(F)F)C2)o1. The topological polar surface area (TPSA) is 70.8 Å². The van der Waals surface area contributed by atoms with Crippen LogP contribution in [0.5, 0.6) is 0 Å². The zero-order chi connectivity index (χ0) is 15.8. The molecule has 1 aliphatic heterocycles. The van der Waals surface area contributed by atoms with Gasteiger partial charge in [0.1, 0.15) is 5.76 Å². The molecule has 0 radical (unpaired) electrons. The number of likely N-dealkylation sites (tertiary alicyclic amines) is 1. The maximum absolute atomic E-state index is 13.0. The number of hydrogen-bond acceptors (Lipinski definition) is 3. The van der Waals surface area contributed by atoms with Gasteiger partial charge in [-0.15, -0.1) is 0 Å². The highest BCUT2D eigenvalue weighted by atomic mass is 19.4. The van der Waals surface area contributed by atoms with Gasteiger partial charge in [0.05, 0.1) is 0 Å². The van der Waals surface area contributed by atoms with E-state index in [1.165, 1.54) is 6.07 Å². The predicted octanol–water partition coefficient (Wildman–Crippen LogP) is 2.32. The standard InChI is InChI=1S/C13H14F3NO4/c1-2-8-3-4-9(21-8)10(18)17-6-5-12(7-17,11(19)20)13(14,15)16/h3-4H,2,5-7H2,1H3,(H,19,20). The Morgan fingerprint density at radius 2 is 2.10 bits per heavy atom. The molecule has 0 aliphatic carbocycles. The number of hydrogen-bond donors (Lipinski definition) is 1. The average Bonchev–Trinajstić information content (AvgIpc) is 3.04. The van der Waals surface area contributed by atoms with Crippen LogP contribution in [0.3, 0.4) is 0 Å². The second-order valence-electron chi connectivity index (χ2n) is 4.98. The molecule has 5 nitrogen and oxygen atoms in total. The van der Waals surface area contributed by atoms with E-state index in [2.05, 4.69) is 0 Å². The lowest BCUT2D eigenvalue weighted by atomic mass is 9.86. The summed E-state index contributed by atoms with van der Waals surface area (Å²) < 4.78 is 44.3. The molecule has 2 heterocycles. The van der Waals surface area contributed by atoms with Crippen LogP contribution in [-0.2, 0) is 11.2 Å².